The summed E-state index contributed by atoms with van der Waals surface area (Å²) in [5.41, 5.74) is 1.78. The molecule has 0 spiro atoms. The van der Waals surface area contributed by atoms with Crippen LogP contribution in [0.5, 0.6) is 11.5 Å². The second-order valence-corrected chi connectivity index (χ2v) is 5.03. The Kier molecular flexibility index (Phi) is 3.56. The van der Waals surface area contributed by atoms with E-state index in [4.69, 9.17) is 13.9 Å². The molecular formula is C16H17NO4. The average molecular weight is 287 g/mol. The lowest BCUT2D eigenvalue weighted by molar-refractivity contribution is 0.0911. The van der Waals surface area contributed by atoms with Crippen molar-refractivity contribution >= 4 is 5.91 Å². The molecule has 1 aromatic heterocycles. The van der Waals surface area contributed by atoms with Crippen LogP contribution in [-0.2, 0) is 0 Å². The summed E-state index contributed by atoms with van der Waals surface area (Å²) in [5.74, 6) is 1.58. The first-order valence-electron chi connectivity index (χ1n) is 6.89. The van der Waals surface area contributed by atoms with E-state index in [1.54, 1.807) is 6.07 Å². The van der Waals surface area contributed by atoms with Gasteiger partial charge in [0.15, 0.2) is 17.3 Å². The molecule has 1 N–H and O–H groups in total. The van der Waals surface area contributed by atoms with Crippen molar-refractivity contribution in [1.82, 2.24) is 5.32 Å². The zero-order valence-corrected chi connectivity index (χ0v) is 12.0. The van der Waals surface area contributed by atoms with Crippen molar-refractivity contribution in [2.24, 2.45) is 0 Å². The lowest BCUT2D eigenvalue weighted by Crippen LogP contribution is -2.27. The number of amides is 1. The zero-order valence-electron chi connectivity index (χ0n) is 12.0. The van der Waals surface area contributed by atoms with Crippen LogP contribution in [0.2, 0.25) is 0 Å². The van der Waals surface area contributed by atoms with Gasteiger partial charge in [-0.1, -0.05) is 6.07 Å². The van der Waals surface area contributed by atoms with E-state index in [9.17, 15) is 4.79 Å². The molecule has 5 heteroatoms. The number of fused-ring (bicyclic) bond motifs is 1. The summed E-state index contributed by atoms with van der Waals surface area (Å²) in [6.07, 6.45) is 1.51. The number of carbonyl (C=O) groups is 1. The number of ether oxygens (including phenoxy) is 2. The molecule has 1 aromatic carbocycles. The third kappa shape index (κ3) is 2.72. The Morgan fingerprint density at radius 2 is 1.95 bits per heavy atom. The van der Waals surface area contributed by atoms with Crippen LogP contribution in [-0.4, -0.2) is 19.1 Å². The van der Waals surface area contributed by atoms with Crippen LogP contribution in [0.25, 0.3) is 0 Å². The van der Waals surface area contributed by atoms with E-state index >= 15 is 0 Å². The van der Waals surface area contributed by atoms with Gasteiger partial charge in [0, 0.05) is 5.56 Å². The number of hydrogen-bond acceptors (Lipinski definition) is 4. The van der Waals surface area contributed by atoms with Crippen LogP contribution in [0.1, 0.15) is 34.6 Å². The number of hydrogen-bond donors (Lipinski definition) is 1. The van der Waals surface area contributed by atoms with Crippen molar-refractivity contribution in [3.8, 4) is 11.5 Å². The van der Waals surface area contributed by atoms with E-state index in [1.807, 2.05) is 32.0 Å². The van der Waals surface area contributed by atoms with Crippen LogP contribution >= 0.6 is 0 Å². The van der Waals surface area contributed by atoms with E-state index in [2.05, 4.69) is 5.32 Å². The van der Waals surface area contributed by atoms with E-state index in [0.717, 1.165) is 16.9 Å². The fourth-order valence-electron chi connectivity index (χ4n) is 2.28. The summed E-state index contributed by atoms with van der Waals surface area (Å²) in [7, 11) is 0. The molecule has 0 bridgehead atoms. The third-order valence-corrected chi connectivity index (χ3v) is 3.48. The zero-order chi connectivity index (χ0) is 14.8. The Balaban J connectivity index is 1.75. The highest BCUT2D eigenvalue weighted by Crippen LogP contribution is 2.32. The molecule has 5 nitrogen and oxygen atoms in total. The Morgan fingerprint density at radius 1 is 1.19 bits per heavy atom. The van der Waals surface area contributed by atoms with Gasteiger partial charge in [0.1, 0.15) is 13.2 Å². The van der Waals surface area contributed by atoms with Crippen molar-refractivity contribution < 1.29 is 18.7 Å². The first-order valence-corrected chi connectivity index (χ1v) is 6.89. The average Bonchev–Trinajstić information content (AvgIpc) is 2.93. The van der Waals surface area contributed by atoms with Crippen LogP contribution < -0.4 is 14.8 Å². The predicted molar refractivity (Wildman–Crippen MR) is 76.8 cm³/mol. The number of carbonyl (C=O) groups excluding carboxylic acids is 1. The Bertz CT molecular complexity index is 662. The molecule has 2 aromatic rings. The maximum Gasteiger partial charge on any atom is 0.287 e. The van der Waals surface area contributed by atoms with Crippen LogP contribution in [0.4, 0.5) is 0 Å². The van der Waals surface area contributed by atoms with Crippen LogP contribution in [0, 0.1) is 6.92 Å². The molecule has 3 rings (SSSR count). The van der Waals surface area contributed by atoms with Crippen molar-refractivity contribution in [1.29, 1.82) is 0 Å². The van der Waals surface area contributed by atoms with Gasteiger partial charge in [0.05, 0.1) is 12.3 Å². The number of benzene rings is 1. The molecule has 0 radical (unpaired) electrons. The summed E-state index contributed by atoms with van der Waals surface area (Å²) < 4.78 is 16.2. The highest BCUT2D eigenvalue weighted by molar-refractivity contribution is 5.93. The molecule has 21 heavy (non-hydrogen) atoms. The highest BCUT2D eigenvalue weighted by Gasteiger charge is 2.18. The maximum atomic E-state index is 12.1. The second-order valence-electron chi connectivity index (χ2n) is 5.03. The van der Waals surface area contributed by atoms with Crippen molar-refractivity contribution in [3.05, 3.63) is 47.4 Å². The summed E-state index contributed by atoms with van der Waals surface area (Å²) in [4.78, 5) is 12.1. The van der Waals surface area contributed by atoms with Gasteiger partial charge >= 0.3 is 0 Å². The molecule has 0 saturated heterocycles. The molecule has 1 atom stereocenters. The third-order valence-electron chi connectivity index (χ3n) is 3.48. The van der Waals surface area contributed by atoms with Gasteiger partial charge in [-0.05, 0) is 37.6 Å². The molecule has 2 heterocycles. The topological polar surface area (TPSA) is 60.7 Å². The minimum Gasteiger partial charge on any atom is -0.486 e. The van der Waals surface area contributed by atoms with Gasteiger partial charge in [-0.25, -0.2) is 0 Å². The summed E-state index contributed by atoms with van der Waals surface area (Å²) in [5, 5.41) is 2.92. The first-order chi connectivity index (χ1) is 10.1. The fraction of sp³-hybridized carbons (Fsp3) is 0.312. The lowest BCUT2D eigenvalue weighted by Gasteiger charge is -2.21. The molecule has 1 unspecified atom stereocenters. The molecule has 1 amide bonds. The molecule has 0 saturated carbocycles. The van der Waals surface area contributed by atoms with Gasteiger partial charge < -0.3 is 19.2 Å². The fourth-order valence-corrected chi connectivity index (χ4v) is 2.28. The minimum absolute atomic E-state index is 0.155. The van der Waals surface area contributed by atoms with Gasteiger partial charge in [0.25, 0.3) is 5.91 Å². The Labute approximate surface area is 122 Å². The highest BCUT2D eigenvalue weighted by atomic mass is 16.6. The van der Waals surface area contributed by atoms with E-state index in [-0.39, 0.29) is 11.9 Å². The van der Waals surface area contributed by atoms with Crippen molar-refractivity contribution in [3.63, 3.8) is 0 Å². The van der Waals surface area contributed by atoms with E-state index in [0.29, 0.717) is 24.7 Å². The normalized spacial score (nSPS) is 14.6. The largest absolute Gasteiger partial charge is 0.486 e. The minimum atomic E-state index is -0.222. The smallest absolute Gasteiger partial charge is 0.287 e. The number of nitrogens with one attached hydrogen (secondary N) is 1. The second kappa shape index (κ2) is 5.52. The molecule has 0 fully saturated rings. The summed E-state index contributed by atoms with van der Waals surface area (Å²) in [6, 6.07) is 7.30. The molecule has 1 aliphatic heterocycles. The SMILES string of the molecule is Cc1ccoc1C(=O)NC(C)c1ccc2c(c1)OCCO2. The molecule has 110 valence electrons. The van der Waals surface area contributed by atoms with E-state index in [1.165, 1.54) is 6.26 Å². The maximum absolute atomic E-state index is 12.1. The number of aryl methyl sites for hydroxylation is 1. The van der Waals surface area contributed by atoms with Gasteiger partial charge in [-0.2, -0.15) is 0 Å². The standard InChI is InChI=1S/C16H17NO4/c1-10-5-6-21-15(10)16(18)17-11(2)12-3-4-13-14(9-12)20-8-7-19-13/h3-6,9,11H,7-8H2,1-2H3,(H,17,18). The molecule has 0 aliphatic carbocycles. The summed E-state index contributed by atoms with van der Waals surface area (Å²) in [6.45, 7) is 4.87. The van der Waals surface area contributed by atoms with Crippen molar-refractivity contribution in [2.45, 2.75) is 19.9 Å². The van der Waals surface area contributed by atoms with Gasteiger partial charge in [0.2, 0.25) is 0 Å². The quantitative estimate of drug-likeness (QED) is 0.943. The monoisotopic (exact) mass is 287 g/mol. The predicted octanol–water partition coefficient (Wildman–Crippen LogP) is 2.85. The first kappa shape index (κ1) is 13.5. The van der Waals surface area contributed by atoms with Crippen molar-refractivity contribution in [2.75, 3.05) is 13.2 Å². The molecular weight excluding hydrogens is 270 g/mol. The van der Waals surface area contributed by atoms with Crippen LogP contribution in [0.3, 0.4) is 0 Å². The Hall–Kier alpha value is -2.43. The van der Waals surface area contributed by atoms with E-state index < -0.39 is 0 Å². The number of rotatable bonds is 3. The van der Waals surface area contributed by atoms with Crippen LogP contribution in [0.15, 0.2) is 34.9 Å². The molecule has 1 aliphatic rings. The van der Waals surface area contributed by atoms with Gasteiger partial charge in [-0.15, -0.1) is 0 Å². The van der Waals surface area contributed by atoms with Gasteiger partial charge in [-0.3, -0.25) is 4.79 Å². The number of furan rings is 1. The summed E-state index contributed by atoms with van der Waals surface area (Å²) >= 11 is 0. The Morgan fingerprint density at radius 3 is 2.67 bits per heavy atom. The lowest BCUT2D eigenvalue weighted by atomic mass is 10.1.